The lowest BCUT2D eigenvalue weighted by Crippen LogP contribution is -2.38. The third-order valence-corrected chi connectivity index (χ3v) is 2.52. The zero-order valence-corrected chi connectivity index (χ0v) is 7.86. The van der Waals surface area contributed by atoms with Crippen LogP contribution in [-0.4, -0.2) is 35.1 Å². The molecular formula is C10H15NO2. The van der Waals surface area contributed by atoms with Crippen molar-refractivity contribution in [2.24, 2.45) is 5.92 Å². The van der Waals surface area contributed by atoms with Crippen molar-refractivity contribution in [1.82, 2.24) is 4.90 Å². The van der Waals surface area contributed by atoms with Crippen LogP contribution in [0.3, 0.4) is 0 Å². The smallest absolute Gasteiger partial charge is 0.224 e. The molecule has 3 heteroatoms. The molecule has 1 amide bonds. The molecule has 2 atom stereocenters. The number of terminal acetylenes is 1. The van der Waals surface area contributed by atoms with Gasteiger partial charge in [0.2, 0.25) is 5.91 Å². The fraction of sp³-hybridized carbons (Fsp3) is 0.700. The molecule has 1 aliphatic rings. The van der Waals surface area contributed by atoms with Gasteiger partial charge in [-0.1, -0.05) is 6.92 Å². The van der Waals surface area contributed by atoms with Gasteiger partial charge in [-0.3, -0.25) is 4.79 Å². The first-order chi connectivity index (χ1) is 6.22. The van der Waals surface area contributed by atoms with Crippen molar-refractivity contribution in [2.75, 3.05) is 13.2 Å². The topological polar surface area (TPSA) is 40.5 Å². The number of hydrogen-bond donors (Lipinski definition) is 1. The summed E-state index contributed by atoms with van der Waals surface area (Å²) in [5.74, 6) is 2.69. The van der Waals surface area contributed by atoms with Gasteiger partial charge < -0.3 is 10.0 Å². The summed E-state index contributed by atoms with van der Waals surface area (Å²) in [6, 6.07) is -0.0501. The molecule has 0 saturated carbocycles. The number of amides is 1. The summed E-state index contributed by atoms with van der Waals surface area (Å²) in [5.41, 5.74) is 0. The van der Waals surface area contributed by atoms with Crippen LogP contribution in [-0.2, 0) is 4.79 Å². The van der Waals surface area contributed by atoms with E-state index in [1.165, 1.54) is 0 Å². The Morgan fingerprint density at radius 3 is 2.92 bits per heavy atom. The zero-order chi connectivity index (χ0) is 9.84. The molecule has 3 nitrogen and oxygen atoms in total. The number of rotatable bonds is 3. The van der Waals surface area contributed by atoms with E-state index in [0.29, 0.717) is 13.0 Å². The van der Waals surface area contributed by atoms with Gasteiger partial charge in [-0.2, -0.15) is 0 Å². The standard InChI is InChI=1S/C10H15NO2/c1-3-8-5-10(13)11(6-8)9(4-2)7-12/h1,8-9,12H,4-7H2,2H3/t8?,9-/m0/s1. The number of aliphatic hydroxyl groups is 1. The maximum absolute atomic E-state index is 11.4. The Morgan fingerprint density at radius 1 is 1.85 bits per heavy atom. The molecule has 13 heavy (non-hydrogen) atoms. The molecule has 0 aliphatic carbocycles. The second kappa shape index (κ2) is 4.29. The normalized spacial score (nSPS) is 24.5. The average molecular weight is 181 g/mol. The van der Waals surface area contributed by atoms with Crippen molar-refractivity contribution in [3.63, 3.8) is 0 Å². The Balaban J connectivity index is 2.62. The molecule has 1 N–H and O–H groups in total. The highest BCUT2D eigenvalue weighted by Gasteiger charge is 2.32. The molecule has 0 aromatic carbocycles. The van der Waals surface area contributed by atoms with Crippen molar-refractivity contribution in [3.8, 4) is 12.3 Å². The Kier molecular flexibility index (Phi) is 3.32. The Labute approximate surface area is 78.7 Å². The zero-order valence-electron chi connectivity index (χ0n) is 7.86. The van der Waals surface area contributed by atoms with Gasteiger partial charge in [-0.05, 0) is 6.42 Å². The molecule has 1 fully saturated rings. The summed E-state index contributed by atoms with van der Waals surface area (Å²) in [7, 11) is 0. The summed E-state index contributed by atoms with van der Waals surface area (Å²) >= 11 is 0. The molecule has 1 rings (SSSR count). The molecule has 72 valence electrons. The quantitative estimate of drug-likeness (QED) is 0.633. The van der Waals surface area contributed by atoms with Crippen LogP contribution in [0.5, 0.6) is 0 Å². The molecule has 0 bridgehead atoms. The lowest BCUT2D eigenvalue weighted by molar-refractivity contribution is -0.130. The molecule has 1 unspecified atom stereocenters. The van der Waals surface area contributed by atoms with E-state index in [1.54, 1.807) is 4.90 Å². The highest BCUT2D eigenvalue weighted by molar-refractivity contribution is 5.79. The number of aliphatic hydroxyl groups excluding tert-OH is 1. The summed E-state index contributed by atoms with van der Waals surface area (Å²) in [6.07, 6.45) is 6.46. The van der Waals surface area contributed by atoms with Crippen LogP contribution in [0.1, 0.15) is 19.8 Å². The van der Waals surface area contributed by atoms with Gasteiger partial charge in [0.05, 0.1) is 12.6 Å². The van der Waals surface area contributed by atoms with Gasteiger partial charge >= 0.3 is 0 Å². The van der Waals surface area contributed by atoms with Crippen LogP contribution < -0.4 is 0 Å². The van der Waals surface area contributed by atoms with E-state index in [1.807, 2.05) is 6.92 Å². The van der Waals surface area contributed by atoms with E-state index in [0.717, 1.165) is 6.42 Å². The van der Waals surface area contributed by atoms with Crippen molar-refractivity contribution in [2.45, 2.75) is 25.8 Å². The molecular weight excluding hydrogens is 166 g/mol. The van der Waals surface area contributed by atoms with Crippen LogP contribution in [0.2, 0.25) is 0 Å². The number of carbonyl (C=O) groups excluding carboxylic acids is 1. The van der Waals surface area contributed by atoms with Crippen LogP contribution in [0.4, 0.5) is 0 Å². The molecule has 1 saturated heterocycles. The molecule has 0 spiro atoms. The third kappa shape index (κ3) is 2.02. The van der Waals surface area contributed by atoms with Gasteiger partial charge in [-0.15, -0.1) is 12.3 Å². The van der Waals surface area contributed by atoms with E-state index in [-0.39, 0.29) is 24.5 Å². The van der Waals surface area contributed by atoms with Gasteiger partial charge in [-0.25, -0.2) is 0 Å². The second-order valence-corrected chi connectivity index (χ2v) is 3.36. The fourth-order valence-electron chi connectivity index (χ4n) is 1.64. The first kappa shape index (κ1) is 10.1. The van der Waals surface area contributed by atoms with Crippen LogP contribution in [0, 0.1) is 18.3 Å². The highest BCUT2D eigenvalue weighted by Crippen LogP contribution is 2.20. The van der Waals surface area contributed by atoms with Crippen molar-refractivity contribution >= 4 is 5.91 Å². The minimum Gasteiger partial charge on any atom is -0.394 e. The summed E-state index contributed by atoms with van der Waals surface area (Å²) < 4.78 is 0. The first-order valence-electron chi connectivity index (χ1n) is 4.59. The lowest BCUT2D eigenvalue weighted by Gasteiger charge is -2.24. The summed E-state index contributed by atoms with van der Waals surface area (Å²) in [6.45, 7) is 2.59. The predicted molar refractivity (Wildman–Crippen MR) is 49.8 cm³/mol. The maximum atomic E-state index is 11.4. The fourth-order valence-corrected chi connectivity index (χ4v) is 1.64. The van der Waals surface area contributed by atoms with E-state index >= 15 is 0 Å². The SMILES string of the molecule is C#CC1CC(=O)N([C@@H](CC)CO)C1. The molecule has 0 radical (unpaired) electrons. The predicted octanol–water partition coefficient (Wildman–Crippen LogP) is 0.239. The number of hydrogen-bond acceptors (Lipinski definition) is 2. The largest absolute Gasteiger partial charge is 0.394 e. The minimum atomic E-state index is -0.0501. The van der Waals surface area contributed by atoms with E-state index < -0.39 is 0 Å². The lowest BCUT2D eigenvalue weighted by atomic mass is 10.1. The Bertz CT molecular complexity index is 228. The monoisotopic (exact) mass is 181 g/mol. The van der Waals surface area contributed by atoms with Crippen molar-refractivity contribution < 1.29 is 9.90 Å². The van der Waals surface area contributed by atoms with E-state index in [4.69, 9.17) is 11.5 Å². The van der Waals surface area contributed by atoms with Crippen LogP contribution in [0.15, 0.2) is 0 Å². The van der Waals surface area contributed by atoms with Crippen molar-refractivity contribution in [1.29, 1.82) is 0 Å². The maximum Gasteiger partial charge on any atom is 0.224 e. The molecule has 0 aromatic rings. The van der Waals surface area contributed by atoms with Gasteiger partial charge in [0.1, 0.15) is 0 Å². The van der Waals surface area contributed by atoms with Crippen molar-refractivity contribution in [3.05, 3.63) is 0 Å². The van der Waals surface area contributed by atoms with E-state index in [2.05, 4.69) is 5.92 Å². The minimum absolute atomic E-state index is 0.0273. The second-order valence-electron chi connectivity index (χ2n) is 3.36. The number of nitrogens with zero attached hydrogens (tertiary/aromatic N) is 1. The summed E-state index contributed by atoms with van der Waals surface area (Å²) in [4.78, 5) is 13.1. The van der Waals surface area contributed by atoms with Gasteiger partial charge in [0, 0.05) is 18.9 Å². The average Bonchev–Trinajstić information content (AvgIpc) is 2.50. The summed E-state index contributed by atoms with van der Waals surface area (Å²) in [5, 5.41) is 9.02. The van der Waals surface area contributed by atoms with Gasteiger partial charge in [0.15, 0.2) is 0 Å². The van der Waals surface area contributed by atoms with Crippen LogP contribution >= 0.6 is 0 Å². The number of carbonyl (C=O) groups is 1. The Hall–Kier alpha value is -1.01. The number of likely N-dealkylation sites (tertiary alicyclic amines) is 1. The third-order valence-electron chi connectivity index (χ3n) is 2.52. The highest BCUT2D eigenvalue weighted by atomic mass is 16.3. The molecule has 0 aromatic heterocycles. The first-order valence-corrected chi connectivity index (χ1v) is 4.59. The molecule has 1 heterocycles. The van der Waals surface area contributed by atoms with Gasteiger partial charge in [0.25, 0.3) is 0 Å². The van der Waals surface area contributed by atoms with Crippen LogP contribution in [0.25, 0.3) is 0 Å². The Morgan fingerprint density at radius 2 is 2.54 bits per heavy atom. The van der Waals surface area contributed by atoms with E-state index in [9.17, 15) is 4.79 Å². The molecule has 1 aliphatic heterocycles.